The van der Waals surface area contributed by atoms with E-state index in [2.05, 4.69) is 65.2 Å². The van der Waals surface area contributed by atoms with Crippen LogP contribution in [0.25, 0.3) is 0 Å². The number of benzene rings is 2. The average Bonchev–Trinajstić information content (AvgIpc) is 2.79. The zero-order valence-corrected chi connectivity index (χ0v) is 12.5. The SMILES string of the molecule is c1ccc(Cc2ccc(NC3CCCNCC3)cc2)cc1. The maximum atomic E-state index is 3.67. The van der Waals surface area contributed by atoms with Crippen LogP contribution in [0.5, 0.6) is 0 Å². The second-order valence-electron chi connectivity index (χ2n) is 5.88. The lowest BCUT2D eigenvalue weighted by molar-refractivity contribution is 0.637. The highest BCUT2D eigenvalue weighted by Crippen LogP contribution is 2.17. The zero-order valence-electron chi connectivity index (χ0n) is 12.5. The van der Waals surface area contributed by atoms with Crippen molar-refractivity contribution < 1.29 is 0 Å². The van der Waals surface area contributed by atoms with Crippen molar-refractivity contribution in [3.05, 3.63) is 65.7 Å². The van der Waals surface area contributed by atoms with Crippen molar-refractivity contribution in [2.75, 3.05) is 18.4 Å². The summed E-state index contributed by atoms with van der Waals surface area (Å²) in [5, 5.41) is 7.13. The first kappa shape index (κ1) is 14.2. The molecule has 0 aromatic heterocycles. The molecule has 0 aliphatic carbocycles. The number of nitrogens with one attached hydrogen (secondary N) is 2. The van der Waals surface area contributed by atoms with Crippen LogP contribution in [-0.2, 0) is 6.42 Å². The molecule has 2 heteroatoms. The van der Waals surface area contributed by atoms with Crippen molar-refractivity contribution in [1.29, 1.82) is 0 Å². The Hall–Kier alpha value is -1.80. The first-order valence-corrected chi connectivity index (χ1v) is 8.00. The van der Waals surface area contributed by atoms with Gasteiger partial charge in [0.25, 0.3) is 0 Å². The third kappa shape index (κ3) is 4.33. The first-order chi connectivity index (χ1) is 10.4. The molecule has 1 saturated heterocycles. The Labute approximate surface area is 127 Å². The Morgan fingerprint density at radius 2 is 1.62 bits per heavy atom. The van der Waals surface area contributed by atoms with E-state index in [0.29, 0.717) is 6.04 Å². The minimum absolute atomic E-state index is 0.611. The molecule has 2 nitrogen and oxygen atoms in total. The normalized spacial score (nSPS) is 19.0. The molecule has 1 fully saturated rings. The molecular formula is C19H24N2. The van der Waals surface area contributed by atoms with Crippen molar-refractivity contribution >= 4 is 5.69 Å². The molecule has 110 valence electrons. The molecule has 2 aromatic carbocycles. The summed E-state index contributed by atoms with van der Waals surface area (Å²) < 4.78 is 0. The van der Waals surface area contributed by atoms with Gasteiger partial charge < -0.3 is 10.6 Å². The van der Waals surface area contributed by atoms with Crippen LogP contribution >= 0.6 is 0 Å². The monoisotopic (exact) mass is 280 g/mol. The van der Waals surface area contributed by atoms with Gasteiger partial charge in [0.05, 0.1) is 0 Å². The lowest BCUT2D eigenvalue weighted by atomic mass is 10.0. The molecule has 1 heterocycles. The van der Waals surface area contributed by atoms with E-state index in [-0.39, 0.29) is 0 Å². The van der Waals surface area contributed by atoms with Crippen LogP contribution in [0.15, 0.2) is 54.6 Å². The highest BCUT2D eigenvalue weighted by molar-refractivity contribution is 5.46. The van der Waals surface area contributed by atoms with Gasteiger partial charge >= 0.3 is 0 Å². The molecule has 3 rings (SSSR count). The van der Waals surface area contributed by atoms with E-state index in [4.69, 9.17) is 0 Å². The lowest BCUT2D eigenvalue weighted by Gasteiger charge is -2.17. The van der Waals surface area contributed by atoms with Crippen molar-refractivity contribution in [3.8, 4) is 0 Å². The number of anilines is 1. The van der Waals surface area contributed by atoms with Gasteiger partial charge in [0.2, 0.25) is 0 Å². The summed E-state index contributed by atoms with van der Waals surface area (Å²) in [6.45, 7) is 2.29. The van der Waals surface area contributed by atoms with Crippen molar-refractivity contribution in [1.82, 2.24) is 5.32 Å². The number of hydrogen-bond acceptors (Lipinski definition) is 2. The summed E-state index contributed by atoms with van der Waals surface area (Å²) >= 11 is 0. The molecular weight excluding hydrogens is 256 g/mol. The summed E-state index contributed by atoms with van der Waals surface area (Å²) in [4.78, 5) is 0. The van der Waals surface area contributed by atoms with Crippen LogP contribution in [-0.4, -0.2) is 19.1 Å². The van der Waals surface area contributed by atoms with Gasteiger partial charge in [-0.25, -0.2) is 0 Å². The molecule has 1 aliphatic heterocycles. The summed E-state index contributed by atoms with van der Waals surface area (Å²) in [6.07, 6.45) is 4.75. The lowest BCUT2D eigenvalue weighted by Crippen LogP contribution is -2.21. The summed E-state index contributed by atoms with van der Waals surface area (Å²) in [6, 6.07) is 20.2. The fourth-order valence-corrected chi connectivity index (χ4v) is 2.95. The zero-order chi connectivity index (χ0) is 14.3. The molecule has 1 unspecified atom stereocenters. The van der Waals surface area contributed by atoms with Crippen LogP contribution in [0.2, 0.25) is 0 Å². The van der Waals surface area contributed by atoms with Crippen molar-refractivity contribution in [2.45, 2.75) is 31.7 Å². The van der Waals surface area contributed by atoms with Gasteiger partial charge in [-0.3, -0.25) is 0 Å². The van der Waals surface area contributed by atoms with Crippen LogP contribution in [0, 0.1) is 0 Å². The van der Waals surface area contributed by atoms with E-state index < -0.39 is 0 Å². The third-order valence-corrected chi connectivity index (χ3v) is 4.15. The van der Waals surface area contributed by atoms with Crippen LogP contribution in [0.4, 0.5) is 5.69 Å². The first-order valence-electron chi connectivity index (χ1n) is 8.00. The fourth-order valence-electron chi connectivity index (χ4n) is 2.95. The maximum absolute atomic E-state index is 3.67. The second-order valence-corrected chi connectivity index (χ2v) is 5.88. The van der Waals surface area contributed by atoms with Crippen LogP contribution in [0.1, 0.15) is 30.4 Å². The third-order valence-electron chi connectivity index (χ3n) is 4.15. The molecule has 1 atom stereocenters. The van der Waals surface area contributed by atoms with E-state index in [0.717, 1.165) is 19.5 Å². The molecule has 0 amide bonds. The standard InChI is InChI=1S/C19H24N2/c1-2-5-16(6-3-1)15-17-8-10-19(11-9-17)21-18-7-4-13-20-14-12-18/h1-3,5-6,8-11,18,20-21H,4,7,12-15H2. The minimum Gasteiger partial charge on any atom is -0.382 e. The van der Waals surface area contributed by atoms with E-state index >= 15 is 0 Å². The summed E-state index contributed by atoms with van der Waals surface area (Å²) in [5.74, 6) is 0. The predicted octanol–water partition coefficient (Wildman–Crippen LogP) is 3.83. The van der Waals surface area contributed by atoms with E-state index in [9.17, 15) is 0 Å². The average molecular weight is 280 g/mol. The number of rotatable bonds is 4. The Morgan fingerprint density at radius 1 is 0.857 bits per heavy atom. The molecule has 21 heavy (non-hydrogen) atoms. The topological polar surface area (TPSA) is 24.1 Å². The quantitative estimate of drug-likeness (QED) is 0.889. The van der Waals surface area contributed by atoms with Crippen LogP contribution in [0.3, 0.4) is 0 Å². The summed E-state index contributed by atoms with van der Waals surface area (Å²) in [7, 11) is 0. The van der Waals surface area contributed by atoms with Gasteiger partial charge in [-0.05, 0) is 62.0 Å². The molecule has 2 N–H and O–H groups in total. The highest BCUT2D eigenvalue weighted by Gasteiger charge is 2.11. The molecule has 1 aliphatic rings. The van der Waals surface area contributed by atoms with Crippen molar-refractivity contribution in [2.24, 2.45) is 0 Å². The highest BCUT2D eigenvalue weighted by atomic mass is 14.9. The number of hydrogen-bond donors (Lipinski definition) is 2. The Morgan fingerprint density at radius 3 is 2.43 bits per heavy atom. The maximum Gasteiger partial charge on any atom is 0.0342 e. The van der Waals surface area contributed by atoms with Crippen LogP contribution < -0.4 is 10.6 Å². The molecule has 0 radical (unpaired) electrons. The van der Waals surface area contributed by atoms with E-state index in [1.807, 2.05) is 0 Å². The molecule has 0 spiro atoms. The molecule has 0 saturated carbocycles. The Balaban J connectivity index is 1.58. The minimum atomic E-state index is 0.611. The van der Waals surface area contributed by atoms with E-state index in [1.165, 1.54) is 36.1 Å². The smallest absolute Gasteiger partial charge is 0.0342 e. The van der Waals surface area contributed by atoms with Crippen molar-refractivity contribution in [3.63, 3.8) is 0 Å². The van der Waals surface area contributed by atoms with Gasteiger partial charge in [0, 0.05) is 11.7 Å². The van der Waals surface area contributed by atoms with E-state index in [1.54, 1.807) is 0 Å². The predicted molar refractivity (Wildman–Crippen MR) is 89.8 cm³/mol. The Kier molecular flexibility index (Phi) is 4.90. The van der Waals surface area contributed by atoms with Gasteiger partial charge in [-0.1, -0.05) is 42.5 Å². The fraction of sp³-hybridized carbons (Fsp3) is 0.368. The molecule has 0 bridgehead atoms. The van der Waals surface area contributed by atoms with Gasteiger partial charge in [-0.15, -0.1) is 0 Å². The molecule has 2 aromatic rings. The largest absolute Gasteiger partial charge is 0.382 e. The second kappa shape index (κ2) is 7.28. The Bertz CT molecular complexity index is 525. The van der Waals surface area contributed by atoms with Gasteiger partial charge in [0.1, 0.15) is 0 Å². The van der Waals surface area contributed by atoms with Gasteiger partial charge in [0.15, 0.2) is 0 Å². The summed E-state index contributed by atoms with van der Waals surface area (Å²) in [5.41, 5.74) is 3.99. The van der Waals surface area contributed by atoms with Gasteiger partial charge in [-0.2, -0.15) is 0 Å².